The molecular formula is C13H19NO. The van der Waals surface area contributed by atoms with Crippen LogP contribution < -0.4 is 10.5 Å². The first-order chi connectivity index (χ1) is 7.23. The highest BCUT2D eigenvalue weighted by Gasteiger charge is 2.45. The van der Waals surface area contributed by atoms with Crippen LogP contribution in [0, 0.1) is 5.41 Å². The van der Waals surface area contributed by atoms with E-state index in [0.717, 1.165) is 18.8 Å². The van der Waals surface area contributed by atoms with Crippen molar-refractivity contribution < 1.29 is 4.74 Å². The second-order valence-corrected chi connectivity index (χ2v) is 4.56. The van der Waals surface area contributed by atoms with Gasteiger partial charge in [-0.3, -0.25) is 0 Å². The first-order valence-corrected chi connectivity index (χ1v) is 5.66. The highest BCUT2D eigenvalue weighted by molar-refractivity contribution is 5.20. The molecule has 2 rings (SSSR count). The summed E-state index contributed by atoms with van der Waals surface area (Å²) in [5, 5.41) is 0. The average Bonchev–Trinajstić information content (AvgIpc) is 3.01. The third kappa shape index (κ3) is 2.51. The first-order valence-electron chi connectivity index (χ1n) is 5.66. The second-order valence-electron chi connectivity index (χ2n) is 4.56. The maximum atomic E-state index is 5.96. The normalized spacial score (nSPS) is 19.6. The molecule has 0 amide bonds. The molecule has 1 aromatic rings. The lowest BCUT2D eigenvalue weighted by Crippen LogP contribution is -2.29. The Hall–Kier alpha value is -1.02. The van der Waals surface area contributed by atoms with Gasteiger partial charge in [0.2, 0.25) is 0 Å². The molecule has 1 atom stereocenters. The van der Waals surface area contributed by atoms with Gasteiger partial charge in [-0.2, -0.15) is 0 Å². The summed E-state index contributed by atoms with van der Waals surface area (Å²) in [6.45, 7) is 2.89. The van der Waals surface area contributed by atoms with Gasteiger partial charge in [0.15, 0.2) is 0 Å². The molecule has 0 heterocycles. The van der Waals surface area contributed by atoms with Gasteiger partial charge >= 0.3 is 0 Å². The van der Waals surface area contributed by atoms with E-state index in [2.05, 4.69) is 6.92 Å². The molecular weight excluding hydrogens is 186 g/mol. The van der Waals surface area contributed by atoms with E-state index in [9.17, 15) is 0 Å². The fourth-order valence-corrected chi connectivity index (χ4v) is 1.98. The Labute approximate surface area is 91.4 Å². The minimum atomic E-state index is 0.303. The Bertz CT molecular complexity index is 304. The molecule has 1 unspecified atom stereocenters. The van der Waals surface area contributed by atoms with Crippen LogP contribution in [0.2, 0.25) is 0 Å². The quantitative estimate of drug-likeness (QED) is 0.802. The monoisotopic (exact) mass is 205 g/mol. The van der Waals surface area contributed by atoms with E-state index >= 15 is 0 Å². The molecule has 1 aliphatic rings. The van der Waals surface area contributed by atoms with E-state index in [1.54, 1.807) is 0 Å². The fraction of sp³-hybridized carbons (Fsp3) is 0.538. The number of para-hydroxylation sites is 1. The molecule has 1 fully saturated rings. The summed E-state index contributed by atoms with van der Waals surface area (Å²) in [5.41, 5.74) is 6.34. The van der Waals surface area contributed by atoms with Crippen LogP contribution in [-0.2, 0) is 0 Å². The second kappa shape index (κ2) is 4.23. The molecule has 15 heavy (non-hydrogen) atoms. The van der Waals surface area contributed by atoms with Crippen molar-refractivity contribution in [2.24, 2.45) is 11.1 Å². The molecule has 1 saturated carbocycles. The van der Waals surface area contributed by atoms with Gasteiger partial charge in [-0.05, 0) is 43.7 Å². The predicted octanol–water partition coefficient (Wildman–Crippen LogP) is 2.58. The molecule has 1 aromatic carbocycles. The van der Waals surface area contributed by atoms with Crippen LogP contribution in [0.5, 0.6) is 5.75 Å². The smallest absolute Gasteiger partial charge is 0.119 e. The molecule has 0 radical (unpaired) electrons. The molecule has 2 heteroatoms. The Morgan fingerprint density at radius 2 is 2.00 bits per heavy atom. The molecule has 0 aromatic heterocycles. The van der Waals surface area contributed by atoms with Crippen LogP contribution in [-0.4, -0.2) is 12.6 Å². The average molecular weight is 205 g/mol. The van der Waals surface area contributed by atoms with Gasteiger partial charge in [-0.25, -0.2) is 0 Å². The predicted molar refractivity (Wildman–Crippen MR) is 61.9 cm³/mol. The van der Waals surface area contributed by atoms with Crippen molar-refractivity contribution in [3.63, 3.8) is 0 Å². The molecule has 0 spiro atoms. The van der Waals surface area contributed by atoms with Gasteiger partial charge < -0.3 is 10.5 Å². The number of benzene rings is 1. The molecule has 1 aliphatic carbocycles. The van der Waals surface area contributed by atoms with E-state index in [-0.39, 0.29) is 0 Å². The zero-order valence-electron chi connectivity index (χ0n) is 9.28. The molecule has 82 valence electrons. The summed E-state index contributed by atoms with van der Waals surface area (Å²) in [7, 11) is 0. The summed E-state index contributed by atoms with van der Waals surface area (Å²) in [4.78, 5) is 0. The SMILES string of the molecule is CC(N)C1(CCOc2ccccc2)CC1. The van der Waals surface area contributed by atoms with E-state index in [0.29, 0.717) is 11.5 Å². The molecule has 0 aliphatic heterocycles. The van der Waals surface area contributed by atoms with Gasteiger partial charge in [-0.1, -0.05) is 18.2 Å². The summed E-state index contributed by atoms with van der Waals surface area (Å²) in [6.07, 6.45) is 3.62. The van der Waals surface area contributed by atoms with Gasteiger partial charge in [-0.15, -0.1) is 0 Å². The third-order valence-corrected chi connectivity index (χ3v) is 3.47. The van der Waals surface area contributed by atoms with Crippen LogP contribution in [0.4, 0.5) is 0 Å². The van der Waals surface area contributed by atoms with Crippen molar-refractivity contribution in [3.05, 3.63) is 30.3 Å². The Morgan fingerprint density at radius 1 is 1.33 bits per heavy atom. The standard InChI is InChI=1S/C13H19NO/c1-11(14)13(7-8-13)9-10-15-12-5-3-2-4-6-12/h2-6,11H,7-10,14H2,1H3. The third-order valence-electron chi connectivity index (χ3n) is 3.47. The van der Waals surface area contributed by atoms with Crippen molar-refractivity contribution in [2.75, 3.05) is 6.61 Å². The van der Waals surface area contributed by atoms with Gasteiger partial charge in [0, 0.05) is 6.04 Å². The number of nitrogens with two attached hydrogens (primary N) is 1. The first kappa shape index (κ1) is 10.5. The number of rotatable bonds is 5. The Balaban J connectivity index is 1.76. The molecule has 0 saturated heterocycles. The largest absolute Gasteiger partial charge is 0.494 e. The summed E-state index contributed by atoms with van der Waals surface area (Å²) in [6, 6.07) is 10.3. The van der Waals surface area contributed by atoms with Crippen molar-refractivity contribution >= 4 is 0 Å². The maximum Gasteiger partial charge on any atom is 0.119 e. The lowest BCUT2D eigenvalue weighted by molar-refractivity contribution is 0.253. The van der Waals surface area contributed by atoms with E-state index in [1.165, 1.54) is 12.8 Å². The minimum Gasteiger partial charge on any atom is -0.494 e. The van der Waals surface area contributed by atoms with Gasteiger partial charge in [0.1, 0.15) is 5.75 Å². The van der Waals surface area contributed by atoms with Crippen LogP contribution in [0.15, 0.2) is 30.3 Å². The summed E-state index contributed by atoms with van der Waals surface area (Å²) >= 11 is 0. The van der Waals surface area contributed by atoms with Crippen LogP contribution in [0.1, 0.15) is 26.2 Å². The van der Waals surface area contributed by atoms with Gasteiger partial charge in [0.25, 0.3) is 0 Å². The summed E-state index contributed by atoms with van der Waals surface area (Å²) in [5.74, 6) is 0.956. The highest BCUT2D eigenvalue weighted by atomic mass is 16.5. The number of ether oxygens (including phenoxy) is 1. The topological polar surface area (TPSA) is 35.2 Å². The van der Waals surface area contributed by atoms with Crippen LogP contribution >= 0.6 is 0 Å². The van der Waals surface area contributed by atoms with Crippen LogP contribution in [0.25, 0.3) is 0 Å². The lowest BCUT2D eigenvalue weighted by atomic mass is 9.95. The zero-order valence-corrected chi connectivity index (χ0v) is 9.28. The minimum absolute atomic E-state index is 0.303. The molecule has 2 nitrogen and oxygen atoms in total. The van der Waals surface area contributed by atoms with E-state index in [4.69, 9.17) is 10.5 Å². The molecule has 2 N–H and O–H groups in total. The summed E-state index contributed by atoms with van der Waals surface area (Å²) < 4.78 is 5.68. The lowest BCUT2D eigenvalue weighted by Gasteiger charge is -2.19. The number of hydrogen-bond donors (Lipinski definition) is 1. The molecule has 0 bridgehead atoms. The van der Waals surface area contributed by atoms with E-state index in [1.807, 2.05) is 30.3 Å². The van der Waals surface area contributed by atoms with Crippen LogP contribution in [0.3, 0.4) is 0 Å². The highest BCUT2D eigenvalue weighted by Crippen LogP contribution is 2.50. The Kier molecular flexibility index (Phi) is 2.96. The van der Waals surface area contributed by atoms with Crippen molar-refractivity contribution in [1.82, 2.24) is 0 Å². The van der Waals surface area contributed by atoms with Gasteiger partial charge in [0.05, 0.1) is 6.61 Å². The zero-order chi connectivity index (χ0) is 10.7. The van der Waals surface area contributed by atoms with Crippen molar-refractivity contribution in [2.45, 2.75) is 32.2 Å². The number of hydrogen-bond acceptors (Lipinski definition) is 2. The Morgan fingerprint density at radius 3 is 2.53 bits per heavy atom. The maximum absolute atomic E-state index is 5.96. The van der Waals surface area contributed by atoms with Crippen molar-refractivity contribution in [1.29, 1.82) is 0 Å². The van der Waals surface area contributed by atoms with Crippen molar-refractivity contribution in [3.8, 4) is 5.75 Å². The van der Waals surface area contributed by atoms with E-state index < -0.39 is 0 Å². The fourth-order valence-electron chi connectivity index (χ4n) is 1.98.